The number of hydrogen-bond donors (Lipinski definition) is 1. The van der Waals surface area contributed by atoms with E-state index in [0.29, 0.717) is 6.54 Å². The van der Waals surface area contributed by atoms with E-state index in [1.54, 1.807) is 12.1 Å². The molecule has 0 spiro atoms. The molecule has 1 amide bonds. The maximum Gasteiger partial charge on any atom is 0.217 e. The van der Waals surface area contributed by atoms with Crippen LogP contribution in [0.5, 0.6) is 0 Å². The van der Waals surface area contributed by atoms with Crippen molar-refractivity contribution >= 4 is 12.0 Å². The predicted molar refractivity (Wildman–Crippen MR) is 54.0 cm³/mol. The minimum Gasteiger partial charge on any atom is -0.352 e. The Hall–Kier alpha value is -1.64. The molecule has 0 fully saturated rings. The van der Waals surface area contributed by atoms with Gasteiger partial charge in [-0.05, 0) is 23.3 Å². The van der Waals surface area contributed by atoms with Crippen LogP contribution in [0.4, 0.5) is 4.39 Å². The Balaban J connectivity index is 2.87. The van der Waals surface area contributed by atoms with Crippen LogP contribution in [0.1, 0.15) is 18.1 Å². The summed E-state index contributed by atoms with van der Waals surface area (Å²) >= 11 is 0. The van der Waals surface area contributed by atoms with Crippen molar-refractivity contribution in [1.29, 1.82) is 0 Å². The summed E-state index contributed by atoms with van der Waals surface area (Å²) in [6, 6.07) is 4.40. The number of carbonyl (C=O) groups is 1. The molecule has 1 N–H and O–H groups in total. The molecule has 0 saturated carbocycles. The third-order valence-corrected chi connectivity index (χ3v) is 1.85. The Morgan fingerprint density at radius 1 is 1.64 bits per heavy atom. The fraction of sp³-hybridized carbons (Fsp3) is 0.182. The second-order valence-corrected chi connectivity index (χ2v) is 2.96. The second-order valence-electron chi connectivity index (χ2n) is 2.96. The highest BCUT2D eigenvalue weighted by molar-refractivity contribution is 5.73. The number of benzene rings is 1. The molecule has 0 aliphatic heterocycles. The molecule has 0 bridgehead atoms. The van der Waals surface area contributed by atoms with Crippen LogP contribution in [0.3, 0.4) is 0 Å². The Labute approximate surface area is 82.4 Å². The highest BCUT2D eigenvalue weighted by atomic mass is 19.1. The summed E-state index contributed by atoms with van der Waals surface area (Å²) in [5.41, 5.74) is 1.57. The molecule has 0 atom stereocenters. The van der Waals surface area contributed by atoms with Gasteiger partial charge in [0.25, 0.3) is 0 Å². The normalized spacial score (nSPS) is 9.57. The van der Waals surface area contributed by atoms with Gasteiger partial charge >= 0.3 is 0 Å². The second kappa shape index (κ2) is 4.56. The molecule has 0 heterocycles. The molecule has 0 radical (unpaired) electrons. The average molecular weight is 193 g/mol. The molecule has 14 heavy (non-hydrogen) atoms. The first-order valence-electron chi connectivity index (χ1n) is 4.29. The molecule has 0 unspecified atom stereocenters. The van der Waals surface area contributed by atoms with Gasteiger partial charge in [-0.15, -0.1) is 0 Å². The molecule has 1 aromatic carbocycles. The van der Waals surface area contributed by atoms with Crippen LogP contribution >= 0.6 is 0 Å². The minimum atomic E-state index is -0.309. The first-order valence-corrected chi connectivity index (χ1v) is 4.29. The van der Waals surface area contributed by atoms with Crippen molar-refractivity contribution in [2.24, 2.45) is 0 Å². The van der Waals surface area contributed by atoms with Gasteiger partial charge in [-0.1, -0.05) is 18.7 Å². The number of hydrogen-bond acceptors (Lipinski definition) is 1. The van der Waals surface area contributed by atoms with Crippen LogP contribution in [0.25, 0.3) is 6.08 Å². The van der Waals surface area contributed by atoms with Crippen LogP contribution in [0.15, 0.2) is 24.8 Å². The van der Waals surface area contributed by atoms with Crippen LogP contribution in [-0.2, 0) is 11.3 Å². The van der Waals surface area contributed by atoms with Crippen molar-refractivity contribution in [1.82, 2.24) is 5.32 Å². The Kier molecular flexibility index (Phi) is 3.40. The van der Waals surface area contributed by atoms with Crippen molar-refractivity contribution in [2.45, 2.75) is 13.5 Å². The maximum absolute atomic E-state index is 12.9. The lowest BCUT2D eigenvalue weighted by atomic mass is 10.1. The summed E-state index contributed by atoms with van der Waals surface area (Å²) < 4.78 is 12.9. The molecule has 0 aliphatic rings. The summed E-state index contributed by atoms with van der Waals surface area (Å²) in [6.45, 7) is 5.36. The van der Waals surface area contributed by atoms with E-state index in [2.05, 4.69) is 11.9 Å². The van der Waals surface area contributed by atoms with E-state index >= 15 is 0 Å². The Morgan fingerprint density at radius 2 is 2.36 bits per heavy atom. The highest BCUT2D eigenvalue weighted by Crippen LogP contribution is 2.12. The molecule has 2 nitrogen and oxygen atoms in total. The lowest BCUT2D eigenvalue weighted by Crippen LogP contribution is -2.19. The predicted octanol–water partition coefficient (Wildman–Crippen LogP) is 2.10. The zero-order chi connectivity index (χ0) is 10.6. The van der Waals surface area contributed by atoms with E-state index < -0.39 is 0 Å². The van der Waals surface area contributed by atoms with Crippen molar-refractivity contribution in [2.75, 3.05) is 0 Å². The van der Waals surface area contributed by atoms with Gasteiger partial charge in [0.1, 0.15) is 5.82 Å². The highest BCUT2D eigenvalue weighted by Gasteiger charge is 2.01. The summed E-state index contributed by atoms with van der Waals surface area (Å²) in [6.07, 6.45) is 1.64. The van der Waals surface area contributed by atoms with Crippen LogP contribution < -0.4 is 5.32 Å². The first kappa shape index (κ1) is 10.4. The zero-order valence-electron chi connectivity index (χ0n) is 8.01. The topological polar surface area (TPSA) is 29.1 Å². The van der Waals surface area contributed by atoms with Crippen molar-refractivity contribution < 1.29 is 9.18 Å². The summed E-state index contributed by atoms with van der Waals surface area (Å²) in [5.74, 6) is -0.444. The van der Waals surface area contributed by atoms with E-state index in [1.807, 2.05) is 0 Å². The fourth-order valence-corrected chi connectivity index (χ4v) is 1.15. The molecule has 1 aromatic rings. The quantitative estimate of drug-likeness (QED) is 0.782. The van der Waals surface area contributed by atoms with Crippen LogP contribution in [-0.4, -0.2) is 5.91 Å². The molecular formula is C11H12FNO. The Morgan fingerprint density at radius 3 is 2.93 bits per heavy atom. The van der Waals surface area contributed by atoms with Crippen molar-refractivity contribution in [3.63, 3.8) is 0 Å². The van der Waals surface area contributed by atoms with Gasteiger partial charge in [0.2, 0.25) is 5.91 Å². The summed E-state index contributed by atoms with van der Waals surface area (Å²) in [5, 5.41) is 2.61. The SMILES string of the molecule is C=Cc1ccc(F)cc1CNC(C)=O. The van der Waals surface area contributed by atoms with Crippen molar-refractivity contribution in [3.8, 4) is 0 Å². The molecule has 3 heteroatoms. The maximum atomic E-state index is 12.9. The fourth-order valence-electron chi connectivity index (χ4n) is 1.15. The third-order valence-electron chi connectivity index (χ3n) is 1.85. The molecule has 0 aliphatic carbocycles. The monoisotopic (exact) mass is 193 g/mol. The number of carbonyl (C=O) groups excluding carboxylic acids is 1. The lowest BCUT2D eigenvalue weighted by Gasteiger charge is -2.06. The van der Waals surface area contributed by atoms with E-state index in [-0.39, 0.29) is 11.7 Å². The lowest BCUT2D eigenvalue weighted by molar-refractivity contribution is -0.119. The van der Waals surface area contributed by atoms with Gasteiger partial charge in [0.15, 0.2) is 0 Å². The molecule has 0 aromatic heterocycles. The van der Waals surface area contributed by atoms with Gasteiger partial charge < -0.3 is 5.32 Å². The zero-order valence-corrected chi connectivity index (χ0v) is 8.01. The molecule has 1 rings (SSSR count). The van der Waals surface area contributed by atoms with Gasteiger partial charge in [-0.2, -0.15) is 0 Å². The summed E-state index contributed by atoms with van der Waals surface area (Å²) in [4.78, 5) is 10.7. The van der Waals surface area contributed by atoms with Gasteiger partial charge in [0.05, 0.1) is 0 Å². The smallest absolute Gasteiger partial charge is 0.217 e. The summed E-state index contributed by atoms with van der Waals surface area (Å²) in [7, 11) is 0. The largest absolute Gasteiger partial charge is 0.352 e. The van der Waals surface area contributed by atoms with Gasteiger partial charge in [-0.25, -0.2) is 4.39 Å². The number of rotatable bonds is 3. The van der Waals surface area contributed by atoms with E-state index in [9.17, 15) is 9.18 Å². The standard InChI is InChI=1S/C11H12FNO/c1-3-9-4-5-11(12)6-10(9)7-13-8(2)14/h3-6H,1,7H2,2H3,(H,13,14). The number of amides is 1. The number of halogens is 1. The van der Waals surface area contributed by atoms with Crippen LogP contribution in [0.2, 0.25) is 0 Å². The molecule has 0 saturated heterocycles. The first-order chi connectivity index (χ1) is 6.63. The Bertz CT molecular complexity index is 360. The number of nitrogens with one attached hydrogen (secondary N) is 1. The molecule has 74 valence electrons. The van der Waals surface area contributed by atoms with Crippen LogP contribution in [0, 0.1) is 5.82 Å². The molecular weight excluding hydrogens is 181 g/mol. The van der Waals surface area contributed by atoms with Gasteiger partial charge in [0, 0.05) is 13.5 Å². The van der Waals surface area contributed by atoms with Crippen molar-refractivity contribution in [3.05, 3.63) is 41.7 Å². The van der Waals surface area contributed by atoms with E-state index in [4.69, 9.17) is 0 Å². The third kappa shape index (κ3) is 2.69. The minimum absolute atomic E-state index is 0.135. The van der Waals surface area contributed by atoms with E-state index in [1.165, 1.54) is 19.1 Å². The average Bonchev–Trinajstić information content (AvgIpc) is 2.15. The van der Waals surface area contributed by atoms with Gasteiger partial charge in [-0.3, -0.25) is 4.79 Å². The van der Waals surface area contributed by atoms with E-state index in [0.717, 1.165) is 11.1 Å².